The molecular weight excluding hydrogens is 189 g/mol. The summed E-state index contributed by atoms with van der Waals surface area (Å²) in [6.45, 7) is 6.68. The van der Waals surface area contributed by atoms with Gasteiger partial charge in [-0.15, -0.1) is 0 Å². The molecule has 0 aromatic heterocycles. The molecule has 0 aromatic rings. The average Bonchev–Trinajstić information content (AvgIpc) is 2.03. The molecule has 1 saturated heterocycles. The van der Waals surface area contributed by atoms with Crippen LogP contribution in [0.4, 0.5) is 0 Å². The Bertz CT molecular complexity index is 219. The van der Waals surface area contributed by atoms with E-state index in [9.17, 15) is 4.57 Å². The van der Waals surface area contributed by atoms with E-state index in [1.54, 1.807) is 7.05 Å². The molecule has 1 aliphatic heterocycles. The van der Waals surface area contributed by atoms with E-state index in [4.69, 9.17) is 9.05 Å². The molecule has 13 heavy (non-hydrogen) atoms. The first kappa shape index (κ1) is 11.2. The molecule has 0 spiro atoms. The number of rotatable bonds is 2. The Balaban J connectivity index is 2.61. The maximum atomic E-state index is 11.6. The van der Waals surface area contributed by atoms with Crippen molar-refractivity contribution in [3.05, 3.63) is 0 Å². The SMILES string of the molecule is CNP1(=O)OC[C@@H](C(C)C)[C@H](C)O1. The van der Waals surface area contributed by atoms with Gasteiger partial charge < -0.3 is 0 Å². The van der Waals surface area contributed by atoms with Crippen LogP contribution in [0.25, 0.3) is 0 Å². The van der Waals surface area contributed by atoms with E-state index in [0.717, 1.165) is 0 Å². The lowest BCUT2D eigenvalue weighted by atomic mass is 9.92. The van der Waals surface area contributed by atoms with Gasteiger partial charge >= 0.3 is 7.75 Å². The molecule has 0 aromatic carbocycles. The highest BCUT2D eigenvalue weighted by Crippen LogP contribution is 2.50. The molecule has 0 amide bonds. The minimum atomic E-state index is -2.98. The predicted molar refractivity (Wildman–Crippen MR) is 51.5 cm³/mol. The van der Waals surface area contributed by atoms with Crippen molar-refractivity contribution >= 4 is 7.75 Å². The third-order valence-corrected chi connectivity index (χ3v) is 4.12. The van der Waals surface area contributed by atoms with Crippen LogP contribution in [0.15, 0.2) is 0 Å². The Morgan fingerprint density at radius 2 is 2.15 bits per heavy atom. The highest BCUT2D eigenvalue weighted by Gasteiger charge is 2.37. The third kappa shape index (κ3) is 2.53. The Morgan fingerprint density at radius 1 is 1.54 bits per heavy atom. The van der Waals surface area contributed by atoms with Crippen LogP contribution in [-0.4, -0.2) is 19.8 Å². The summed E-state index contributed by atoms with van der Waals surface area (Å²) in [6, 6.07) is 0. The fraction of sp³-hybridized carbons (Fsp3) is 1.00. The summed E-state index contributed by atoms with van der Waals surface area (Å²) in [6.07, 6.45) is -0.00738. The number of hydrogen-bond acceptors (Lipinski definition) is 3. The second-order valence-corrected chi connectivity index (χ2v) is 5.65. The number of nitrogens with one attached hydrogen (secondary N) is 1. The smallest absolute Gasteiger partial charge is 0.296 e. The molecule has 1 aliphatic rings. The molecule has 1 heterocycles. The quantitative estimate of drug-likeness (QED) is 0.704. The zero-order chi connectivity index (χ0) is 10.1. The summed E-state index contributed by atoms with van der Waals surface area (Å²) in [4.78, 5) is 0. The van der Waals surface area contributed by atoms with Crippen molar-refractivity contribution < 1.29 is 13.6 Å². The fourth-order valence-electron chi connectivity index (χ4n) is 1.50. The van der Waals surface area contributed by atoms with Crippen LogP contribution in [0.5, 0.6) is 0 Å². The minimum absolute atomic E-state index is 0.00738. The summed E-state index contributed by atoms with van der Waals surface area (Å²) in [5, 5.41) is 2.58. The largest absolute Gasteiger partial charge is 0.405 e. The van der Waals surface area contributed by atoms with Crippen molar-refractivity contribution in [2.24, 2.45) is 11.8 Å². The van der Waals surface area contributed by atoms with Crippen molar-refractivity contribution in [3.8, 4) is 0 Å². The van der Waals surface area contributed by atoms with Gasteiger partial charge in [-0.3, -0.25) is 9.05 Å². The highest BCUT2D eigenvalue weighted by atomic mass is 31.2. The van der Waals surface area contributed by atoms with Gasteiger partial charge in [-0.05, 0) is 19.9 Å². The molecule has 0 radical (unpaired) electrons. The van der Waals surface area contributed by atoms with E-state index in [0.29, 0.717) is 18.4 Å². The molecule has 0 aliphatic carbocycles. The molecule has 0 saturated carbocycles. The van der Waals surface area contributed by atoms with Gasteiger partial charge in [0.05, 0.1) is 12.7 Å². The molecule has 1 unspecified atom stereocenters. The van der Waals surface area contributed by atoms with E-state index in [-0.39, 0.29) is 6.10 Å². The monoisotopic (exact) mass is 207 g/mol. The molecule has 78 valence electrons. The van der Waals surface area contributed by atoms with Crippen molar-refractivity contribution in [3.63, 3.8) is 0 Å². The lowest BCUT2D eigenvalue weighted by molar-refractivity contribution is 0.0128. The molecular formula is C8H18NO3P. The summed E-state index contributed by atoms with van der Waals surface area (Å²) < 4.78 is 22.1. The Morgan fingerprint density at radius 3 is 2.54 bits per heavy atom. The zero-order valence-corrected chi connectivity index (χ0v) is 9.51. The third-order valence-electron chi connectivity index (χ3n) is 2.48. The fourth-order valence-corrected chi connectivity index (χ4v) is 2.76. The van der Waals surface area contributed by atoms with Gasteiger partial charge in [-0.2, -0.15) is 0 Å². The van der Waals surface area contributed by atoms with E-state index in [1.807, 2.05) is 6.92 Å². The van der Waals surface area contributed by atoms with Crippen LogP contribution in [-0.2, 0) is 13.6 Å². The normalized spacial score (nSPS) is 41.0. The highest BCUT2D eigenvalue weighted by molar-refractivity contribution is 7.51. The van der Waals surface area contributed by atoms with Gasteiger partial charge in [0.15, 0.2) is 0 Å². The zero-order valence-electron chi connectivity index (χ0n) is 8.61. The first-order valence-electron chi connectivity index (χ1n) is 4.60. The molecule has 1 fully saturated rings. The standard InChI is InChI=1S/C8H18NO3P/c1-6(2)8-5-11-13(10,9-4)12-7(8)3/h6-8H,5H2,1-4H3,(H,9,10)/t7-,8-,13?/m0/s1. The summed E-state index contributed by atoms with van der Waals surface area (Å²) in [5.41, 5.74) is 0. The van der Waals surface area contributed by atoms with Gasteiger partial charge in [0.25, 0.3) is 0 Å². The van der Waals surface area contributed by atoms with Crippen molar-refractivity contribution in [2.45, 2.75) is 26.9 Å². The summed E-state index contributed by atoms with van der Waals surface area (Å²) >= 11 is 0. The van der Waals surface area contributed by atoms with Gasteiger partial charge in [-0.25, -0.2) is 9.65 Å². The van der Waals surface area contributed by atoms with Gasteiger partial charge in [0.1, 0.15) is 0 Å². The van der Waals surface area contributed by atoms with Crippen LogP contribution in [0.3, 0.4) is 0 Å². The van der Waals surface area contributed by atoms with E-state index >= 15 is 0 Å². The van der Waals surface area contributed by atoms with E-state index < -0.39 is 7.75 Å². The lowest BCUT2D eigenvalue weighted by Crippen LogP contribution is -2.35. The van der Waals surface area contributed by atoms with Gasteiger partial charge in [0.2, 0.25) is 0 Å². The molecule has 0 bridgehead atoms. The van der Waals surface area contributed by atoms with Gasteiger partial charge in [0, 0.05) is 5.92 Å². The topological polar surface area (TPSA) is 47.6 Å². The average molecular weight is 207 g/mol. The maximum absolute atomic E-state index is 11.6. The van der Waals surface area contributed by atoms with E-state index in [1.165, 1.54) is 0 Å². The minimum Gasteiger partial charge on any atom is -0.296 e. The summed E-state index contributed by atoms with van der Waals surface area (Å²) in [7, 11) is -1.39. The molecule has 4 nitrogen and oxygen atoms in total. The molecule has 1 rings (SSSR count). The summed E-state index contributed by atoms with van der Waals surface area (Å²) in [5.74, 6) is 0.816. The van der Waals surface area contributed by atoms with Crippen molar-refractivity contribution in [1.29, 1.82) is 0 Å². The maximum Gasteiger partial charge on any atom is 0.405 e. The molecule has 5 heteroatoms. The number of hydrogen-bond donors (Lipinski definition) is 1. The first-order valence-corrected chi connectivity index (χ1v) is 6.15. The Hall–Kier alpha value is 0.110. The first-order chi connectivity index (χ1) is 5.98. The molecule has 3 atom stereocenters. The Kier molecular flexibility index (Phi) is 3.52. The van der Waals surface area contributed by atoms with E-state index in [2.05, 4.69) is 18.9 Å². The predicted octanol–water partition coefficient (Wildman–Crippen LogP) is 2.02. The van der Waals surface area contributed by atoms with Crippen LogP contribution < -0.4 is 5.09 Å². The van der Waals surface area contributed by atoms with Crippen LogP contribution in [0.1, 0.15) is 20.8 Å². The second-order valence-electron chi connectivity index (χ2n) is 3.74. The van der Waals surface area contributed by atoms with Gasteiger partial charge in [-0.1, -0.05) is 13.8 Å². The van der Waals surface area contributed by atoms with Crippen LogP contribution in [0.2, 0.25) is 0 Å². The van der Waals surface area contributed by atoms with Crippen molar-refractivity contribution in [2.75, 3.05) is 13.7 Å². The molecule has 1 N–H and O–H groups in total. The Labute approximate surface area is 79.6 Å². The lowest BCUT2D eigenvalue weighted by Gasteiger charge is -2.35. The van der Waals surface area contributed by atoms with Crippen molar-refractivity contribution in [1.82, 2.24) is 5.09 Å². The second kappa shape index (κ2) is 4.09. The van der Waals surface area contributed by atoms with Crippen LogP contribution in [0, 0.1) is 11.8 Å². The van der Waals surface area contributed by atoms with Crippen LogP contribution >= 0.6 is 7.75 Å².